The molecule has 3 aliphatic rings. The molecule has 1 saturated carbocycles. The van der Waals surface area contributed by atoms with Crippen molar-refractivity contribution in [2.75, 3.05) is 39.3 Å². The van der Waals surface area contributed by atoms with E-state index in [-0.39, 0.29) is 37.2 Å². The molecule has 7 nitrogen and oxygen atoms in total. The van der Waals surface area contributed by atoms with Gasteiger partial charge in [-0.1, -0.05) is 12.1 Å². The van der Waals surface area contributed by atoms with Crippen LogP contribution in [0.1, 0.15) is 30.4 Å². The zero-order chi connectivity index (χ0) is 20.8. The quantitative estimate of drug-likeness (QED) is 0.723. The number of benzene rings is 1. The van der Waals surface area contributed by atoms with Gasteiger partial charge >= 0.3 is 0 Å². The number of carbonyl (C=O) groups excluding carboxylic acids is 2. The van der Waals surface area contributed by atoms with Gasteiger partial charge < -0.3 is 9.80 Å². The molecule has 2 heterocycles. The van der Waals surface area contributed by atoms with E-state index < -0.39 is 10.0 Å². The third kappa shape index (κ3) is 4.19. The fraction of sp³-hybridized carbons (Fsp3) is 0.619. The van der Waals surface area contributed by atoms with Gasteiger partial charge in [0.05, 0.1) is 10.8 Å². The van der Waals surface area contributed by atoms with Crippen LogP contribution in [0.4, 0.5) is 0 Å². The Balaban J connectivity index is 1.37. The van der Waals surface area contributed by atoms with Crippen molar-refractivity contribution >= 4 is 21.8 Å². The molecule has 158 valence electrons. The van der Waals surface area contributed by atoms with Crippen LogP contribution in [-0.4, -0.2) is 73.6 Å². The first-order valence-electron chi connectivity index (χ1n) is 10.4. The molecule has 2 amide bonds. The number of nitrogens with zero attached hydrogens (tertiary/aromatic N) is 3. The molecule has 1 aromatic rings. The zero-order valence-electron chi connectivity index (χ0n) is 17.1. The SMILES string of the molecule is Cc1ccc(C)c(S(=O)(=O)N2CCN(C(=O)C3CC(=O)N(CC4CC4)C3)CC2)c1. The minimum absolute atomic E-state index is 0.0135. The monoisotopic (exact) mass is 419 g/mol. The molecule has 0 bridgehead atoms. The molecule has 2 aliphatic heterocycles. The molecule has 0 radical (unpaired) electrons. The van der Waals surface area contributed by atoms with Gasteiger partial charge in [-0.15, -0.1) is 0 Å². The first-order valence-corrected chi connectivity index (χ1v) is 11.8. The molecular weight excluding hydrogens is 390 g/mol. The predicted molar refractivity (Wildman–Crippen MR) is 109 cm³/mol. The van der Waals surface area contributed by atoms with Gasteiger partial charge in [-0.3, -0.25) is 9.59 Å². The Morgan fingerprint density at radius 2 is 1.79 bits per heavy atom. The molecule has 4 rings (SSSR count). The fourth-order valence-corrected chi connectivity index (χ4v) is 5.99. The lowest BCUT2D eigenvalue weighted by Crippen LogP contribution is -2.52. The van der Waals surface area contributed by atoms with Crippen molar-refractivity contribution in [1.82, 2.24) is 14.1 Å². The third-order valence-corrected chi connectivity index (χ3v) is 8.29. The molecule has 1 atom stereocenters. The lowest BCUT2D eigenvalue weighted by atomic mass is 10.1. The van der Waals surface area contributed by atoms with Crippen molar-refractivity contribution in [2.45, 2.75) is 38.0 Å². The Kier molecular flexibility index (Phi) is 5.42. The van der Waals surface area contributed by atoms with Crippen LogP contribution in [0.15, 0.2) is 23.1 Å². The van der Waals surface area contributed by atoms with Gasteiger partial charge in [-0.2, -0.15) is 4.31 Å². The maximum Gasteiger partial charge on any atom is 0.243 e. The first kappa shape index (κ1) is 20.3. The van der Waals surface area contributed by atoms with Crippen LogP contribution in [-0.2, 0) is 19.6 Å². The molecule has 2 saturated heterocycles. The minimum Gasteiger partial charge on any atom is -0.342 e. The molecule has 29 heavy (non-hydrogen) atoms. The average molecular weight is 420 g/mol. The Morgan fingerprint density at radius 1 is 1.10 bits per heavy atom. The zero-order valence-corrected chi connectivity index (χ0v) is 18.0. The second kappa shape index (κ2) is 7.72. The number of carbonyl (C=O) groups is 2. The number of hydrogen-bond acceptors (Lipinski definition) is 4. The third-order valence-electron chi connectivity index (χ3n) is 6.25. The fourth-order valence-electron chi connectivity index (χ4n) is 4.26. The van der Waals surface area contributed by atoms with Crippen LogP contribution in [0.5, 0.6) is 0 Å². The van der Waals surface area contributed by atoms with E-state index in [1.807, 2.05) is 24.0 Å². The second-order valence-electron chi connectivity index (χ2n) is 8.64. The van der Waals surface area contributed by atoms with Crippen LogP contribution in [0.2, 0.25) is 0 Å². The topological polar surface area (TPSA) is 78.0 Å². The van der Waals surface area contributed by atoms with Gasteiger partial charge in [0.15, 0.2) is 0 Å². The summed E-state index contributed by atoms with van der Waals surface area (Å²) in [6.07, 6.45) is 2.64. The highest BCUT2D eigenvalue weighted by atomic mass is 32.2. The van der Waals surface area contributed by atoms with E-state index in [1.54, 1.807) is 17.9 Å². The summed E-state index contributed by atoms with van der Waals surface area (Å²) in [5, 5.41) is 0. The van der Waals surface area contributed by atoms with Crippen molar-refractivity contribution < 1.29 is 18.0 Å². The van der Waals surface area contributed by atoms with Crippen molar-refractivity contribution in [3.8, 4) is 0 Å². The Labute approximate surface area is 172 Å². The summed E-state index contributed by atoms with van der Waals surface area (Å²) in [4.78, 5) is 29.0. The van der Waals surface area contributed by atoms with E-state index in [0.717, 1.165) is 17.7 Å². The lowest BCUT2D eigenvalue weighted by Gasteiger charge is -2.35. The van der Waals surface area contributed by atoms with E-state index in [9.17, 15) is 18.0 Å². The highest BCUT2D eigenvalue weighted by Gasteiger charge is 2.40. The van der Waals surface area contributed by atoms with Gasteiger partial charge in [0.2, 0.25) is 21.8 Å². The summed E-state index contributed by atoms with van der Waals surface area (Å²) in [6.45, 7) is 6.29. The molecule has 1 unspecified atom stereocenters. The molecule has 0 aromatic heterocycles. The number of rotatable bonds is 5. The molecular formula is C21H29N3O4S. The molecule has 1 aliphatic carbocycles. The minimum atomic E-state index is -3.57. The van der Waals surface area contributed by atoms with E-state index in [1.165, 1.54) is 17.1 Å². The second-order valence-corrected chi connectivity index (χ2v) is 10.5. The number of likely N-dealkylation sites (tertiary alicyclic amines) is 1. The summed E-state index contributed by atoms with van der Waals surface area (Å²) in [5.41, 5.74) is 1.64. The van der Waals surface area contributed by atoms with Crippen LogP contribution >= 0.6 is 0 Å². The smallest absolute Gasteiger partial charge is 0.243 e. The van der Waals surface area contributed by atoms with Crippen molar-refractivity contribution in [3.05, 3.63) is 29.3 Å². The Hall–Kier alpha value is -1.93. The Bertz CT molecular complexity index is 918. The summed E-state index contributed by atoms with van der Waals surface area (Å²) >= 11 is 0. The number of hydrogen-bond donors (Lipinski definition) is 0. The Morgan fingerprint density at radius 3 is 2.45 bits per heavy atom. The number of sulfonamides is 1. The van der Waals surface area contributed by atoms with Crippen LogP contribution in [0.25, 0.3) is 0 Å². The van der Waals surface area contributed by atoms with Gasteiger partial charge in [-0.25, -0.2) is 8.42 Å². The standard InChI is InChI=1S/C21H29N3O4S/c1-15-3-4-16(2)19(11-15)29(27,28)24-9-7-22(8-10-24)21(26)18-12-20(25)23(14-18)13-17-5-6-17/h3-4,11,17-18H,5-10,12-14H2,1-2H3. The van der Waals surface area contributed by atoms with Crippen LogP contribution in [0.3, 0.4) is 0 Å². The maximum absolute atomic E-state index is 13.1. The summed E-state index contributed by atoms with van der Waals surface area (Å²) in [7, 11) is -3.57. The molecule has 8 heteroatoms. The maximum atomic E-state index is 13.1. The van der Waals surface area contributed by atoms with Crippen molar-refractivity contribution in [3.63, 3.8) is 0 Å². The van der Waals surface area contributed by atoms with Crippen LogP contribution in [0, 0.1) is 25.7 Å². The molecule has 0 N–H and O–H groups in total. The van der Waals surface area contributed by atoms with Gasteiger partial charge in [0.1, 0.15) is 0 Å². The largest absolute Gasteiger partial charge is 0.342 e. The van der Waals surface area contributed by atoms with E-state index in [0.29, 0.717) is 30.4 Å². The van der Waals surface area contributed by atoms with Crippen LogP contribution < -0.4 is 0 Å². The van der Waals surface area contributed by atoms with E-state index in [4.69, 9.17) is 0 Å². The summed E-state index contributed by atoms with van der Waals surface area (Å²) in [5.74, 6) is 0.391. The molecule has 0 spiro atoms. The highest BCUT2D eigenvalue weighted by Crippen LogP contribution is 2.32. The van der Waals surface area contributed by atoms with Gasteiger partial charge in [0.25, 0.3) is 0 Å². The lowest BCUT2D eigenvalue weighted by molar-refractivity contribution is -0.137. The summed E-state index contributed by atoms with van der Waals surface area (Å²) < 4.78 is 27.6. The number of aryl methyl sites for hydroxylation is 2. The van der Waals surface area contributed by atoms with E-state index in [2.05, 4.69) is 0 Å². The normalized spacial score (nSPS) is 23.7. The highest BCUT2D eigenvalue weighted by molar-refractivity contribution is 7.89. The summed E-state index contributed by atoms with van der Waals surface area (Å²) in [6, 6.07) is 5.44. The first-order chi connectivity index (χ1) is 13.8. The number of piperazine rings is 1. The molecule has 3 fully saturated rings. The number of amides is 2. The van der Waals surface area contributed by atoms with Gasteiger partial charge in [-0.05, 0) is 49.8 Å². The average Bonchev–Trinajstić information content (AvgIpc) is 3.44. The van der Waals surface area contributed by atoms with E-state index >= 15 is 0 Å². The van der Waals surface area contributed by atoms with Crippen molar-refractivity contribution in [1.29, 1.82) is 0 Å². The molecule has 1 aromatic carbocycles. The van der Waals surface area contributed by atoms with Crippen molar-refractivity contribution in [2.24, 2.45) is 11.8 Å². The predicted octanol–water partition coefficient (Wildman–Crippen LogP) is 1.39. The van der Waals surface area contributed by atoms with Gasteiger partial charge in [0, 0.05) is 45.7 Å².